The summed E-state index contributed by atoms with van der Waals surface area (Å²) in [7, 11) is 0. The number of rotatable bonds is 7. The van der Waals surface area contributed by atoms with Crippen molar-refractivity contribution in [3.63, 3.8) is 0 Å². The lowest BCUT2D eigenvalue weighted by molar-refractivity contribution is -0.119. The molecule has 0 aromatic rings. The van der Waals surface area contributed by atoms with E-state index in [2.05, 4.69) is 6.92 Å². The highest BCUT2D eigenvalue weighted by atomic mass is 16.1. The Kier molecular flexibility index (Phi) is 4.59. The standard InChI is InChI=1S/C12H23NO/c1-9(12(13)10(2)14)5-3-4-6-11-7-8-11/h9,11-12H,3-8,13H2,1-2H3/t9-,12-/m1/s1. The molecule has 0 aliphatic heterocycles. The van der Waals surface area contributed by atoms with Gasteiger partial charge in [-0.15, -0.1) is 0 Å². The first-order valence-electron chi connectivity index (χ1n) is 5.87. The van der Waals surface area contributed by atoms with Gasteiger partial charge in [-0.25, -0.2) is 0 Å². The van der Waals surface area contributed by atoms with Gasteiger partial charge in [0.1, 0.15) is 5.78 Å². The monoisotopic (exact) mass is 197 g/mol. The van der Waals surface area contributed by atoms with Crippen LogP contribution < -0.4 is 5.73 Å². The number of ketones is 1. The highest BCUT2D eigenvalue weighted by Crippen LogP contribution is 2.34. The zero-order valence-corrected chi connectivity index (χ0v) is 9.46. The minimum Gasteiger partial charge on any atom is -0.321 e. The average Bonchev–Trinajstić information content (AvgIpc) is 2.94. The average molecular weight is 197 g/mol. The Morgan fingerprint density at radius 1 is 1.43 bits per heavy atom. The molecule has 1 fully saturated rings. The highest BCUT2D eigenvalue weighted by molar-refractivity contribution is 5.81. The van der Waals surface area contributed by atoms with Gasteiger partial charge in [0, 0.05) is 0 Å². The second-order valence-electron chi connectivity index (χ2n) is 4.84. The van der Waals surface area contributed by atoms with Gasteiger partial charge in [-0.2, -0.15) is 0 Å². The topological polar surface area (TPSA) is 43.1 Å². The summed E-state index contributed by atoms with van der Waals surface area (Å²) in [5.74, 6) is 1.51. The predicted molar refractivity (Wildman–Crippen MR) is 59.0 cm³/mol. The molecule has 0 bridgehead atoms. The minimum atomic E-state index is -0.240. The molecule has 1 aliphatic carbocycles. The third kappa shape index (κ3) is 4.23. The first-order chi connectivity index (χ1) is 6.61. The van der Waals surface area contributed by atoms with Crippen LogP contribution in [0.4, 0.5) is 0 Å². The normalized spacial score (nSPS) is 20.5. The molecular weight excluding hydrogens is 174 g/mol. The van der Waals surface area contributed by atoms with Gasteiger partial charge in [-0.3, -0.25) is 4.79 Å². The summed E-state index contributed by atoms with van der Waals surface area (Å²) >= 11 is 0. The van der Waals surface area contributed by atoms with Crippen molar-refractivity contribution in [2.75, 3.05) is 0 Å². The number of hydrogen-bond acceptors (Lipinski definition) is 2. The molecule has 0 spiro atoms. The predicted octanol–water partition coefficient (Wildman–Crippen LogP) is 2.51. The number of Topliss-reactive ketones (excluding diaryl/α,β-unsaturated/α-hetero) is 1. The van der Waals surface area contributed by atoms with E-state index in [9.17, 15) is 4.79 Å². The molecule has 14 heavy (non-hydrogen) atoms. The van der Waals surface area contributed by atoms with Crippen LogP contribution in [-0.4, -0.2) is 11.8 Å². The number of hydrogen-bond donors (Lipinski definition) is 1. The van der Waals surface area contributed by atoms with E-state index in [1.165, 1.54) is 32.1 Å². The van der Waals surface area contributed by atoms with Crippen LogP contribution in [-0.2, 0) is 4.79 Å². The molecule has 0 aromatic heterocycles. The Bertz CT molecular complexity index is 187. The van der Waals surface area contributed by atoms with E-state index in [0.717, 1.165) is 12.3 Å². The summed E-state index contributed by atoms with van der Waals surface area (Å²) in [6, 6.07) is -0.240. The lowest BCUT2D eigenvalue weighted by atomic mass is 9.93. The third-order valence-corrected chi connectivity index (χ3v) is 3.30. The SMILES string of the molecule is CC(=O)[C@H](N)[C@H](C)CCCCC1CC1. The summed E-state index contributed by atoms with van der Waals surface area (Å²) in [6.07, 6.45) is 7.94. The summed E-state index contributed by atoms with van der Waals surface area (Å²) in [5, 5.41) is 0. The van der Waals surface area contributed by atoms with Gasteiger partial charge in [0.2, 0.25) is 0 Å². The number of unbranched alkanes of at least 4 members (excludes halogenated alkanes) is 1. The van der Waals surface area contributed by atoms with Crippen LogP contribution in [0.15, 0.2) is 0 Å². The van der Waals surface area contributed by atoms with Crippen LogP contribution in [0.25, 0.3) is 0 Å². The fourth-order valence-electron chi connectivity index (χ4n) is 1.89. The van der Waals surface area contributed by atoms with Gasteiger partial charge in [-0.1, -0.05) is 39.0 Å². The van der Waals surface area contributed by atoms with Crippen molar-refractivity contribution in [2.45, 2.75) is 58.4 Å². The van der Waals surface area contributed by atoms with E-state index in [0.29, 0.717) is 5.92 Å². The summed E-state index contributed by atoms with van der Waals surface area (Å²) in [6.45, 7) is 3.68. The van der Waals surface area contributed by atoms with Gasteiger partial charge in [0.25, 0.3) is 0 Å². The van der Waals surface area contributed by atoms with Crippen molar-refractivity contribution in [3.05, 3.63) is 0 Å². The zero-order chi connectivity index (χ0) is 10.6. The fraction of sp³-hybridized carbons (Fsp3) is 0.917. The molecule has 1 saturated carbocycles. The molecule has 0 radical (unpaired) electrons. The van der Waals surface area contributed by atoms with Gasteiger partial charge in [0.05, 0.1) is 6.04 Å². The van der Waals surface area contributed by atoms with Crippen LogP contribution in [0.3, 0.4) is 0 Å². The molecular formula is C12H23NO. The Morgan fingerprint density at radius 2 is 2.07 bits per heavy atom. The molecule has 82 valence electrons. The van der Waals surface area contributed by atoms with E-state index in [4.69, 9.17) is 5.73 Å². The van der Waals surface area contributed by atoms with Gasteiger partial charge < -0.3 is 5.73 Å². The molecule has 2 atom stereocenters. The summed E-state index contributed by atoms with van der Waals surface area (Å²) < 4.78 is 0. The van der Waals surface area contributed by atoms with Crippen LogP contribution in [0.5, 0.6) is 0 Å². The smallest absolute Gasteiger partial charge is 0.146 e. The van der Waals surface area contributed by atoms with Gasteiger partial charge in [-0.05, 0) is 25.2 Å². The first-order valence-corrected chi connectivity index (χ1v) is 5.87. The Balaban J connectivity index is 2.00. The third-order valence-electron chi connectivity index (χ3n) is 3.30. The van der Waals surface area contributed by atoms with Crippen LogP contribution in [0.2, 0.25) is 0 Å². The molecule has 2 N–H and O–H groups in total. The van der Waals surface area contributed by atoms with E-state index >= 15 is 0 Å². The highest BCUT2D eigenvalue weighted by Gasteiger charge is 2.21. The van der Waals surface area contributed by atoms with Crippen molar-refractivity contribution in [1.82, 2.24) is 0 Å². The number of nitrogens with two attached hydrogens (primary N) is 1. The van der Waals surface area contributed by atoms with E-state index in [1.807, 2.05) is 0 Å². The van der Waals surface area contributed by atoms with Crippen molar-refractivity contribution in [2.24, 2.45) is 17.6 Å². The van der Waals surface area contributed by atoms with Crippen LogP contribution in [0.1, 0.15) is 52.4 Å². The fourth-order valence-corrected chi connectivity index (χ4v) is 1.89. The van der Waals surface area contributed by atoms with E-state index < -0.39 is 0 Å². The molecule has 0 amide bonds. The molecule has 1 rings (SSSR count). The zero-order valence-electron chi connectivity index (χ0n) is 9.46. The van der Waals surface area contributed by atoms with Gasteiger partial charge >= 0.3 is 0 Å². The lowest BCUT2D eigenvalue weighted by Gasteiger charge is -2.16. The maximum Gasteiger partial charge on any atom is 0.146 e. The number of carbonyl (C=O) groups excluding carboxylic acids is 1. The van der Waals surface area contributed by atoms with E-state index in [1.54, 1.807) is 6.92 Å². The first kappa shape index (κ1) is 11.7. The molecule has 1 aliphatic rings. The van der Waals surface area contributed by atoms with Crippen molar-refractivity contribution in [3.8, 4) is 0 Å². The maximum atomic E-state index is 11.0. The Morgan fingerprint density at radius 3 is 2.57 bits per heavy atom. The summed E-state index contributed by atoms with van der Waals surface area (Å²) in [5.41, 5.74) is 5.76. The quantitative estimate of drug-likeness (QED) is 0.637. The maximum absolute atomic E-state index is 11.0. The Labute approximate surface area is 87.2 Å². The Hall–Kier alpha value is -0.370. The molecule has 0 saturated heterocycles. The summed E-state index contributed by atoms with van der Waals surface area (Å²) in [4.78, 5) is 11.0. The van der Waals surface area contributed by atoms with Crippen molar-refractivity contribution in [1.29, 1.82) is 0 Å². The molecule has 0 aromatic carbocycles. The largest absolute Gasteiger partial charge is 0.321 e. The van der Waals surface area contributed by atoms with Crippen molar-refractivity contribution < 1.29 is 4.79 Å². The molecule has 0 unspecified atom stereocenters. The molecule has 0 heterocycles. The van der Waals surface area contributed by atoms with E-state index in [-0.39, 0.29) is 11.8 Å². The number of carbonyl (C=O) groups is 1. The molecule has 2 nitrogen and oxygen atoms in total. The molecule has 2 heteroatoms. The van der Waals surface area contributed by atoms with Crippen LogP contribution >= 0.6 is 0 Å². The van der Waals surface area contributed by atoms with Crippen molar-refractivity contribution >= 4 is 5.78 Å². The minimum absolute atomic E-state index is 0.125. The van der Waals surface area contributed by atoms with Crippen LogP contribution in [0, 0.1) is 11.8 Å². The lowest BCUT2D eigenvalue weighted by Crippen LogP contribution is -2.35. The van der Waals surface area contributed by atoms with Gasteiger partial charge in [0.15, 0.2) is 0 Å². The second kappa shape index (κ2) is 5.50. The second-order valence-corrected chi connectivity index (χ2v) is 4.84.